The van der Waals surface area contributed by atoms with Crippen LogP contribution in [0.1, 0.15) is 237 Å². The molecular formula is C60H97N3O10. The highest BCUT2D eigenvalue weighted by Gasteiger charge is 2.31. The van der Waals surface area contributed by atoms with Crippen LogP contribution in [0, 0.1) is 0 Å². The fourth-order valence-electron chi connectivity index (χ4n) is 8.78. The molecule has 0 aromatic heterocycles. The Hall–Kier alpha value is -4.78. The van der Waals surface area contributed by atoms with E-state index in [-0.39, 0.29) is 57.3 Å². The molecule has 13 heteroatoms. The normalized spacial score (nSPS) is 12.8. The first-order valence-electron chi connectivity index (χ1n) is 28.7. The van der Waals surface area contributed by atoms with Gasteiger partial charge in [-0.15, -0.1) is 0 Å². The first kappa shape index (κ1) is 64.3. The third-order valence-corrected chi connectivity index (χ3v) is 13.3. The van der Waals surface area contributed by atoms with Crippen molar-refractivity contribution in [3.8, 4) is 0 Å². The van der Waals surface area contributed by atoms with Gasteiger partial charge in [0.15, 0.2) is 0 Å². The van der Waals surface area contributed by atoms with E-state index < -0.39 is 48.0 Å². The van der Waals surface area contributed by atoms with Crippen LogP contribution in [0.25, 0.3) is 0 Å². The van der Waals surface area contributed by atoms with Gasteiger partial charge in [-0.05, 0) is 43.7 Å². The summed E-state index contributed by atoms with van der Waals surface area (Å²) in [6.45, 7) is 5.73. The van der Waals surface area contributed by atoms with E-state index in [0.29, 0.717) is 12.8 Å². The second kappa shape index (κ2) is 43.6. The Balaban J connectivity index is 1.87. The summed E-state index contributed by atoms with van der Waals surface area (Å²) in [7, 11) is 0. The predicted octanol–water partition coefficient (Wildman–Crippen LogP) is 12.4. The van der Waals surface area contributed by atoms with E-state index in [1.165, 1.54) is 135 Å². The third-order valence-electron chi connectivity index (χ3n) is 13.3. The average molecular weight is 1020 g/mol. The zero-order valence-corrected chi connectivity index (χ0v) is 45.5. The van der Waals surface area contributed by atoms with Crippen molar-refractivity contribution < 1.29 is 48.1 Å². The number of aliphatic hydroxyl groups is 1. The van der Waals surface area contributed by atoms with E-state index >= 15 is 0 Å². The summed E-state index contributed by atoms with van der Waals surface area (Å²) in [6.07, 6.45) is 30.0. The molecule has 3 amide bonds. The third kappa shape index (κ3) is 35.1. The van der Waals surface area contributed by atoms with Crippen LogP contribution in [-0.4, -0.2) is 71.6 Å². The summed E-state index contributed by atoms with van der Waals surface area (Å²) in [6, 6.07) is 15.3. The van der Waals surface area contributed by atoms with Gasteiger partial charge in [-0.3, -0.25) is 24.0 Å². The molecule has 2 aromatic carbocycles. The van der Waals surface area contributed by atoms with Gasteiger partial charge in [-0.2, -0.15) is 0 Å². The number of benzene rings is 2. The summed E-state index contributed by atoms with van der Waals surface area (Å²) in [5.74, 6) is -3.51. The van der Waals surface area contributed by atoms with Crippen LogP contribution in [-0.2, 0) is 56.2 Å². The highest BCUT2D eigenvalue weighted by atomic mass is 16.5. The Morgan fingerprint density at radius 1 is 0.493 bits per heavy atom. The number of aliphatic hydroxyl groups excluding tert-OH is 1. The number of carbonyl (C=O) groups excluding carboxylic acids is 6. The molecule has 2 rings (SSSR count). The monoisotopic (exact) mass is 1020 g/mol. The van der Waals surface area contributed by atoms with E-state index in [9.17, 15) is 33.9 Å². The predicted molar refractivity (Wildman–Crippen MR) is 290 cm³/mol. The maximum absolute atomic E-state index is 13.6. The van der Waals surface area contributed by atoms with Crippen LogP contribution < -0.4 is 16.0 Å². The zero-order valence-electron chi connectivity index (χ0n) is 45.5. The number of hydrogen-bond donors (Lipinski definition) is 4. The summed E-state index contributed by atoms with van der Waals surface area (Å²) < 4.78 is 16.8. The number of amides is 3. The summed E-state index contributed by atoms with van der Waals surface area (Å²) in [4.78, 5) is 78.9. The van der Waals surface area contributed by atoms with Crippen LogP contribution in [0.4, 0.5) is 0 Å². The van der Waals surface area contributed by atoms with Crippen molar-refractivity contribution in [1.29, 1.82) is 0 Å². The minimum atomic E-state index is -1.46. The lowest BCUT2D eigenvalue weighted by atomic mass is 10.0. The van der Waals surface area contributed by atoms with E-state index in [2.05, 4.69) is 29.8 Å². The molecule has 0 fully saturated rings. The molecule has 0 aliphatic heterocycles. The molecule has 0 saturated carbocycles. The fraction of sp³-hybridized carbons (Fsp3) is 0.700. The lowest BCUT2D eigenvalue weighted by Crippen LogP contribution is -2.56. The van der Waals surface area contributed by atoms with Crippen LogP contribution in [0.3, 0.4) is 0 Å². The lowest BCUT2D eigenvalue weighted by molar-refractivity contribution is -0.152. The molecule has 0 aliphatic rings. The molecule has 412 valence electrons. The van der Waals surface area contributed by atoms with Crippen LogP contribution in [0.5, 0.6) is 0 Å². The average Bonchev–Trinajstić information content (AvgIpc) is 3.38. The first-order valence-corrected chi connectivity index (χ1v) is 28.7. The summed E-state index contributed by atoms with van der Waals surface area (Å²) >= 11 is 0. The minimum Gasteiger partial charge on any atom is -0.462 e. The maximum atomic E-state index is 13.6. The number of rotatable bonds is 46. The highest BCUT2D eigenvalue weighted by Crippen LogP contribution is 2.18. The number of unbranched alkanes of at least 4 members (excludes halogenated alkanes) is 24. The molecule has 0 spiro atoms. The van der Waals surface area contributed by atoms with Crippen LogP contribution in [0.15, 0.2) is 60.7 Å². The van der Waals surface area contributed by atoms with Gasteiger partial charge in [0, 0.05) is 25.8 Å². The molecule has 1 unspecified atom stereocenters. The Morgan fingerprint density at radius 3 is 1.42 bits per heavy atom. The lowest BCUT2D eigenvalue weighted by Gasteiger charge is -2.24. The van der Waals surface area contributed by atoms with Gasteiger partial charge in [0.05, 0.1) is 12.5 Å². The van der Waals surface area contributed by atoms with Crippen LogP contribution >= 0.6 is 0 Å². The summed E-state index contributed by atoms with van der Waals surface area (Å²) in [5.41, 5.74) is 1.51. The topological polar surface area (TPSA) is 186 Å². The molecule has 0 radical (unpaired) electrons. The molecule has 2 aromatic rings. The van der Waals surface area contributed by atoms with E-state index in [0.717, 1.165) is 49.7 Å². The van der Waals surface area contributed by atoms with Crippen molar-refractivity contribution in [2.24, 2.45) is 0 Å². The first-order chi connectivity index (χ1) is 35.5. The van der Waals surface area contributed by atoms with Gasteiger partial charge in [0.1, 0.15) is 31.4 Å². The Morgan fingerprint density at radius 2 is 0.945 bits per heavy atom. The second-order valence-corrected chi connectivity index (χ2v) is 20.1. The molecule has 73 heavy (non-hydrogen) atoms. The SMILES string of the molecule is CCCCCCCCCCCCCCCC(=O)OC(CCCCCCCCCCCCCCC)CC(=O)NCCC(=O)N[C@H](C(=O)N[C@@H](CCC(=O)OCc1ccccc1)C(=O)OCc1ccccc1)[C@@H](C)O. The fourth-order valence-corrected chi connectivity index (χ4v) is 8.78. The quantitative estimate of drug-likeness (QED) is 0.0282. The number of esters is 3. The van der Waals surface area contributed by atoms with E-state index in [1.807, 2.05) is 36.4 Å². The second-order valence-electron chi connectivity index (χ2n) is 20.1. The molecule has 4 atom stereocenters. The highest BCUT2D eigenvalue weighted by molar-refractivity contribution is 5.91. The van der Waals surface area contributed by atoms with Crippen molar-refractivity contribution in [3.63, 3.8) is 0 Å². The van der Waals surface area contributed by atoms with Crippen molar-refractivity contribution >= 4 is 35.6 Å². The molecule has 0 heterocycles. The molecule has 0 aliphatic carbocycles. The number of nitrogens with one attached hydrogen (secondary N) is 3. The molecule has 0 saturated heterocycles. The van der Waals surface area contributed by atoms with Gasteiger partial charge >= 0.3 is 17.9 Å². The number of hydrogen-bond acceptors (Lipinski definition) is 10. The standard InChI is InChI=1S/C60H97N3O10/c1-4-6-8-10-12-14-16-18-20-22-24-26-34-40-52(73-57(68)41-35-27-25-23-21-19-17-15-13-11-9-7-5-2)46-55(66)61-45-44-54(65)63-58(49(3)64)59(69)62-53(60(70)72-48-51-38-32-29-33-39-51)42-43-56(67)71-47-50-36-30-28-31-37-50/h28-33,36-39,49,52-53,58,64H,4-27,34-35,40-48H2,1-3H3,(H,61,66)(H,62,69)(H,63,65)/t49-,52?,53+,58+/m1/s1. The molecular weight excluding hydrogens is 923 g/mol. The van der Waals surface area contributed by atoms with Gasteiger partial charge in [0.2, 0.25) is 17.7 Å². The van der Waals surface area contributed by atoms with Gasteiger partial charge in [-0.25, -0.2) is 4.79 Å². The van der Waals surface area contributed by atoms with Crippen molar-refractivity contribution in [2.45, 2.75) is 264 Å². The van der Waals surface area contributed by atoms with Crippen molar-refractivity contribution in [1.82, 2.24) is 16.0 Å². The smallest absolute Gasteiger partial charge is 0.328 e. The van der Waals surface area contributed by atoms with Gasteiger partial charge < -0.3 is 35.3 Å². The maximum Gasteiger partial charge on any atom is 0.328 e. The van der Waals surface area contributed by atoms with Gasteiger partial charge in [-0.1, -0.05) is 229 Å². The Kier molecular flexibility index (Phi) is 38.4. The van der Waals surface area contributed by atoms with Crippen LogP contribution in [0.2, 0.25) is 0 Å². The summed E-state index contributed by atoms with van der Waals surface area (Å²) in [5, 5.41) is 18.4. The van der Waals surface area contributed by atoms with Crippen molar-refractivity contribution in [2.75, 3.05) is 6.54 Å². The van der Waals surface area contributed by atoms with E-state index in [4.69, 9.17) is 14.2 Å². The number of ether oxygens (including phenoxy) is 3. The van der Waals surface area contributed by atoms with Crippen molar-refractivity contribution in [3.05, 3.63) is 71.8 Å². The molecule has 0 bridgehead atoms. The molecule has 13 nitrogen and oxygen atoms in total. The minimum absolute atomic E-state index is 0.0233. The van der Waals surface area contributed by atoms with E-state index in [1.54, 1.807) is 24.3 Å². The molecule has 4 N–H and O–H groups in total. The Bertz CT molecular complexity index is 1740. The zero-order chi connectivity index (χ0) is 53.0. The van der Waals surface area contributed by atoms with Gasteiger partial charge in [0.25, 0.3) is 0 Å². The Labute approximate surface area is 440 Å². The number of carbonyl (C=O) groups is 6. The largest absolute Gasteiger partial charge is 0.462 e.